The van der Waals surface area contributed by atoms with Crippen LogP contribution in [0.25, 0.3) is 0 Å². The number of nitrogens with one attached hydrogen (secondary N) is 1. The number of rotatable bonds is 10. The Labute approximate surface area is 156 Å². The maximum absolute atomic E-state index is 11.7. The van der Waals surface area contributed by atoms with E-state index < -0.39 is 0 Å². The van der Waals surface area contributed by atoms with Crippen molar-refractivity contribution in [1.82, 2.24) is 0 Å². The van der Waals surface area contributed by atoms with Crippen molar-refractivity contribution in [3.63, 3.8) is 0 Å². The molecule has 0 aliphatic heterocycles. The van der Waals surface area contributed by atoms with Gasteiger partial charge in [0.05, 0.1) is 18.1 Å². The van der Waals surface area contributed by atoms with Crippen LogP contribution in [0.3, 0.4) is 0 Å². The fourth-order valence-corrected chi connectivity index (χ4v) is 2.97. The number of unbranched alkanes of at least 4 members (excludes halogenated alkanes) is 4. The third-order valence-corrected chi connectivity index (χ3v) is 4.28. The summed E-state index contributed by atoms with van der Waals surface area (Å²) in [5, 5.41) is 3.30. The lowest BCUT2D eigenvalue weighted by Crippen LogP contribution is -2.07. The monoisotopic (exact) mass is 399 g/mol. The van der Waals surface area contributed by atoms with Crippen molar-refractivity contribution >= 4 is 27.6 Å². The molecule has 0 aliphatic rings. The minimum atomic E-state index is -0.295. The topological polar surface area (TPSA) is 38.3 Å². The van der Waals surface area contributed by atoms with Crippen LogP contribution in [-0.2, 0) is 4.74 Å². The number of ether oxygens (including phenoxy) is 1. The Kier molecular flexibility index (Phi) is 13.7. The van der Waals surface area contributed by atoms with E-state index in [2.05, 4.69) is 35.1 Å². The summed E-state index contributed by atoms with van der Waals surface area (Å²) < 4.78 is 4.79. The van der Waals surface area contributed by atoms with Crippen molar-refractivity contribution < 1.29 is 9.53 Å². The van der Waals surface area contributed by atoms with E-state index in [-0.39, 0.29) is 5.97 Å². The number of benzene rings is 1. The van der Waals surface area contributed by atoms with Crippen molar-refractivity contribution in [3.05, 3.63) is 29.3 Å². The maximum Gasteiger partial charge on any atom is 0.337 e. The van der Waals surface area contributed by atoms with Crippen LogP contribution >= 0.6 is 15.9 Å². The lowest BCUT2D eigenvalue weighted by Gasteiger charge is -2.18. The largest absolute Gasteiger partial charge is 0.465 e. The summed E-state index contributed by atoms with van der Waals surface area (Å²) in [6, 6.07) is 5.79. The fourth-order valence-electron chi connectivity index (χ4n) is 2.67. The zero-order chi connectivity index (χ0) is 18.4. The van der Waals surface area contributed by atoms with Gasteiger partial charge in [-0.3, -0.25) is 0 Å². The summed E-state index contributed by atoms with van der Waals surface area (Å²) in [6.45, 7) is 8.50. The second-order valence-electron chi connectivity index (χ2n) is 5.71. The molecule has 3 nitrogen and oxygen atoms in total. The van der Waals surface area contributed by atoms with Crippen LogP contribution in [0.5, 0.6) is 0 Å². The Bertz CT molecular complexity index is 463. The van der Waals surface area contributed by atoms with Crippen LogP contribution in [0.4, 0.5) is 5.69 Å². The molecular weight excluding hydrogens is 366 g/mol. The third kappa shape index (κ3) is 8.18. The molecule has 0 aliphatic carbocycles. The van der Waals surface area contributed by atoms with Crippen LogP contribution < -0.4 is 5.32 Å². The maximum atomic E-state index is 11.7. The van der Waals surface area contributed by atoms with E-state index in [4.69, 9.17) is 4.74 Å². The van der Waals surface area contributed by atoms with Gasteiger partial charge in [0.1, 0.15) is 0 Å². The number of alkyl halides is 1. The zero-order valence-electron chi connectivity index (χ0n) is 16.0. The molecule has 0 saturated carbocycles. The first-order valence-electron chi connectivity index (χ1n) is 9.16. The van der Waals surface area contributed by atoms with Crippen LogP contribution in [0.1, 0.15) is 88.1 Å². The lowest BCUT2D eigenvalue weighted by molar-refractivity contribution is 0.0601. The van der Waals surface area contributed by atoms with Crippen molar-refractivity contribution in [3.8, 4) is 0 Å². The molecule has 1 N–H and O–H groups in total. The van der Waals surface area contributed by atoms with Gasteiger partial charge in [0.2, 0.25) is 0 Å². The number of hydrogen-bond donors (Lipinski definition) is 1. The van der Waals surface area contributed by atoms with Gasteiger partial charge in [-0.1, -0.05) is 81.8 Å². The standard InChI is InChI=1S/C18H28BrNO2.C2H6/c1-4-5-6-7-8-9-14(2)16-11-10-15(18(21)22-3)12-17(16)20-13-19;1-2/h10-12,14,20H,4-9,13H2,1-3H3;1-2H3. The number of carbonyl (C=O) groups excluding carboxylic acids is 1. The number of carbonyl (C=O) groups is 1. The molecule has 0 bridgehead atoms. The molecular formula is C20H34BrNO2. The molecule has 1 aromatic carbocycles. The predicted molar refractivity (Wildman–Crippen MR) is 108 cm³/mol. The van der Waals surface area contributed by atoms with E-state index >= 15 is 0 Å². The number of esters is 1. The minimum absolute atomic E-state index is 0.295. The Morgan fingerprint density at radius 2 is 1.88 bits per heavy atom. The van der Waals surface area contributed by atoms with Gasteiger partial charge in [-0.05, 0) is 30.0 Å². The van der Waals surface area contributed by atoms with Crippen molar-refractivity contribution in [2.45, 2.75) is 72.1 Å². The van der Waals surface area contributed by atoms with Gasteiger partial charge in [-0.2, -0.15) is 0 Å². The Morgan fingerprint density at radius 3 is 2.46 bits per heavy atom. The molecule has 1 atom stereocenters. The molecule has 0 heterocycles. The summed E-state index contributed by atoms with van der Waals surface area (Å²) in [5.41, 5.74) is 3.53. The second-order valence-corrected chi connectivity index (χ2v) is 6.27. The smallest absolute Gasteiger partial charge is 0.337 e. The minimum Gasteiger partial charge on any atom is -0.465 e. The average Bonchev–Trinajstić information content (AvgIpc) is 2.62. The molecule has 138 valence electrons. The average molecular weight is 400 g/mol. The van der Waals surface area contributed by atoms with E-state index in [9.17, 15) is 4.79 Å². The Balaban J connectivity index is 0.00000254. The highest BCUT2D eigenvalue weighted by Crippen LogP contribution is 2.30. The quantitative estimate of drug-likeness (QED) is 0.205. The van der Waals surface area contributed by atoms with Gasteiger partial charge >= 0.3 is 5.97 Å². The highest BCUT2D eigenvalue weighted by atomic mass is 79.9. The summed E-state index contributed by atoms with van der Waals surface area (Å²) in [4.78, 5) is 11.7. The van der Waals surface area contributed by atoms with Crippen LogP contribution in [0, 0.1) is 0 Å². The van der Waals surface area contributed by atoms with Gasteiger partial charge in [-0.15, -0.1) is 0 Å². The number of halogens is 1. The summed E-state index contributed by atoms with van der Waals surface area (Å²) in [6.07, 6.45) is 7.69. The first kappa shape index (κ1) is 23.0. The van der Waals surface area contributed by atoms with Crippen LogP contribution in [0.15, 0.2) is 18.2 Å². The normalized spacial score (nSPS) is 11.2. The predicted octanol–water partition coefficient (Wildman–Crippen LogP) is 6.73. The molecule has 0 aromatic heterocycles. The van der Waals surface area contributed by atoms with Gasteiger partial charge in [0.25, 0.3) is 0 Å². The molecule has 0 amide bonds. The molecule has 1 aromatic rings. The molecule has 1 unspecified atom stereocenters. The first-order chi connectivity index (χ1) is 11.6. The zero-order valence-corrected chi connectivity index (χ0v) is 17.5. The van der Waals surface area contributed by atoms with E-state index in [1.54, 1.807) is 0 Å². The molecule has 0 saturated heterocycles. The Morgan fingerprint density at radius 1 is 1.21 bits per heavy atom. The summed E-state index contributed by atoms with van der Waals surface area (Å²) in [7, 11) is 1.41. The van der Waals surface area contributed by atoms with Gasteiger partial charge in [0.15, 0.2) is 0 Å². The molecule has 4 heteroatoms. The second kappa shape index (κ2) is 14.3. The highest BCUT2D eigenvalue weighted by molar-refractivity contribution is 9.09. The van der Waals surface area contributed by atoms with Gasteiger partial charge < -0.3 is 10.1 Å². The van der Waals surface area contributed by atoms with Crippen LogP contribution in [-0.4, -0.2) is 18.5 Å². The van der Waals surface area contributed by atoms with E-state index in [0.717, 1.165) is 5.69 Å². The van der Waals surface area contributed by atoms with Gasteiger partial charge in [0, 0.05) is 5.69 Å². The van der Waals surface area contributed by atoms with E-state index in [1.165, 1.54) is 51.2 Å². The summed E-state index contributed by atoms with van der Waals surface area (Å²) in [5.74, 6) is 0.186. The Hall–Kier alpha value is -1.03. The van der Waals surface area contributed by atoms with Crippen LogP contribution in [0.2, 0.25) is 0 Å². The SMILES string of the molecule is CC.CCCCCCCC(C)c1ccc(C(=O)OC)cc1NCBr. The first-order valence-corrected chi connectivity index (χ1v) is 10.3. The number of anilines is 1. The third-order valence-electron chi connectivity index (χ3n) is 4.00. The number of hydrogen-bond acceptors (Lipinski definition) is 3. The highest BCUT2D eigenvalue weighted by Gasteiger charge is 2.14. The van der Waals surface area contributed by atoms with E-state index in [0.29, 0.717) is 16.9 Å². The molecule has 0 radical (unpaired) electrons. The van der Waals surface area contributed by atoms with Crippen molar-refractivity contribution in [2.75, 3.05) is 17.9 Å². The summed E-state index contributed by atoms with van der Waals surface area (Å²) >= 11 is 3.40. The van der Waals surface area contributed by atoms with E-state index in [1.807, 2.05) is 32.0 Å². The molecule has 1 rings (SSSR count). The van der Waals surface area contributed by atoms with Gasteiger partial charge in [-0.25, -0.2) is 4.79 Å². The number of methoxy groups -OCH3 is 1. The van der Waals surface area contributed by atoms with Crippen molar-refractivity contribution in [1.29, 1.82) is 0 Å². The molecule has 24 heavy (non-hydrogen) atoms. The fraction of sp³-hybridized carbons (Fsp3) is 0.650. The van der Waals surface area contributed by atoms with Crippen molar-refractivity contribution in [2.24, 2.45) is 0 Å². The lowest BCUT2D eigenvalue weighted by atomic mass is 9.92. The molecule has 0 fully saturated rings. The molecule has 0 spiro atoms.